The van der Waals surface area contributed by atoms with Crippen LogP contribution < -0.4 is 10.2 Å². The second-order valence-electron chi connectivity index (χ2n) is 10.3. The summed E-state index contributed by atoms with van der Waals surface area (Å²) >= 11 is 0. The third-order valence-electron chi connectivity index (χ3n) is 6.42. The maximum atomic E-state index is 13.8. The van der Waals surface area contributed by atoms with Crippen molar-refractivity contribution >= 4 is 11.9 Å². The van der Waals surface area contributed by atoms with Crippen LogP contribution in [0.1, 0.15) is 52.3 Å². The fourth-order valence-electron chi connectivity index (χ4n) is 4.89. The third-order valence-corrected chi connectivity index (χ3v) is 6.42. The van der Waals surface area contributed by atoms with Gasteiger partial charge in [0.05, 0.1) is 17.8 Å². The Labute approximate surface area is 211 Å². The van der Waals surface area contributed by atoms with E-state index in [1.807, 2.05) is 51.4 Å². The van der Waals surface area contributed by atoms with E-state index < -0.39 is 17.8 Å². The Kier molecular flexibility index (Phi) is 7.36. The van der Waals surface area contributed by atoms with Crippen molar-refractivity contribution in [3.63, 3.8) is 0 Å². The van der Waals surface area contributed by atoms with Crippen LogP contribution in [0.5, 0.6) is 0 Å². The number of aliphatic hydroxyl groups is 1. The molecule has 0 bridgehead atoms. The van der Waals surface area contributed by atoms with Crippen molar-refractivity contribution in [3.05, 3.63) is 60.3 Å². The van der Waals surface area contributed by atoms with Crippen LogP contribution in [0.2, 0.25) is 0 Å². The minimum atomic E-state index is -0.706. The average molecular weight is 495 g/mol. The summed E-state index contributed by atoms with van der Waals surface area (Å²) in [5.41, 5.74) is 3.81. The van der Waals surface area contributed by atoms with Gasteiger partial charge in [0.15, 0.2) is 0 Å². The highest BCUT2D eigenvalue weighted by Gasteiger charge is 2.33. The third kappa shape index (κ3) is 5.38. The minimum absolute atomic E-state index is 0.0751. The average Bonchev–Trinajstić information content (AvgIpc) is 3.40. The largest absolute Gasteiger partial charge is 0.444 e. The van der Waals surface area contributed by atoms with Crippen LogP contribution >= 0.6 is 0 Å². The van der Waals surface area contributed by atoms with Crippen molar-refractivity contribution in [3.8, 4) is 22.3 Å². The first-order chi connectivity index (χ1) is 17.1. The molecule has 0 spiro atoms. The Morgan fingerprint density at radius 3 is 2.42 bits per heavy atom. The van der Waals surface area contributed by atoms with E-state index in [1.165, 1.54) is 12.1 Å². The van der Waals surface area contributed by atoms with Gasteiger partial charge < -0.3 is 24.6 Å². The van der Waals surface area contributed by atoms with Crippen LogP contribution in [0, 0.1) is 5.82 Å². The van der Waals surface area contributed by atoms with Crippen molar-refractivity contribution in [1.29, 1.82) is 0 Å². The number of aliphatic hydroxyl groups excluding tert-OH is 1. The van der Waals surface area contributed by atoms with Crippen LogP contribution in [-0.2, 0) is 11.8 Å². The van der Waals surface area contributed by atoms with E-state index in [4.69, 9.17) is 4.74 Å². The highest BCUT2D eigenvalue weighted by atomic mass is 19.1. The number of hydrogen-bond donors (Lipinski definition) is 2. The molecule has 1 aliphatic heterocycles. The van der Waals surface area contributed by atoms with Gasteiger partial charge >= 0.3 is 6.09 Å². The molecule has 3 aromatic rings. The molecule has 7 nitrogen and oxygen atoms in total. The summed E-state index contributed by atoms with van der Waals surface area (Å²) in [5.74, 6) is 0.630. The summed E-state index contributed by atoms with van der Waals surface area (Å²) in [5, 5.41) is 14.1. The molecule has 1 aromatic carbocycles. The fourth-order valence-corrected chi connectivity index (χ4v) is 4.89. The summed E-state index contributed by atoms with van der Waals surface area (Å²) in [6, 6.07) is 10.2. The number of alkyl carbamates (subject to hydrolysis) is 1. The Morgan fingerprint density at radius 1 is 1.17 bits per heavy atom. The van der Waals surface area contributed by atoms with Crippen molar-refractivity contribution in [2.45, 2.75) is 58.3 Å². The van der Waals surface area contributed by atoms with Crippen LogP contribution in [0.25, 0.3) is 22.3 Å². The summed E-state index contributed by atoms with van der Waals surface area (Å²) in [6.07, 6.45) is 3.65. The lowest BCUT2D eigenvalue weighted by Gasteiger charge is -2.24. The molecule has 8 heteroatoms. The molecule has 2 N–H and O–H groups in total. The van der Waals surface area contributed by atoms with Gasteiger partial charge in [-0.25, -0.2) is 9.18 Å². The Balaban J connectivity index is 1.80. The molecular weight excluding hydrogens is 459 g/mol. The van der Waals surface area contributed by atoms with Crippen LogP contribution in [0.4, 0.5) is 15.0 Å². The van der Waals surface area contributed by atoms with Gasteiger partial charge in [-0.15, -0.1) is 0 Å². The molecule has 1 aliphatic rings. The Hall–Kier alpha value is -3.39. The highest BCUT2D eigenvalue weighted by Crippen LogP contribution is 2.47. The number of aromatic nitrogens is 2. The highest BCUT2D eigenvalue weighted by molar-refractivity contribution is 5.94. The van der Waals surface area contributed by atoms with Gasteiger partial charge in [-0.05, 0) is 69.0 Å². The van der Waals surface area contributed by atoms with E-state index in [9.17, 15) is 14.3 Å². The van der Waals surface area contributed by atoms with Crippen LogP contribution in [-0.4, -0.2) is 45.5 Å². The molecule has 2 atom stereocenters. The van der Waals surface area contributed by atoms with Gasteiger partial charge in [0.25, 0.3) is 0 Å². The SMILES string of the molecule is CCC(O)c1c(-c2ccc(F)cc2)c(-c2ccncc2)c(N2CCC(NC(=O)OC(C)(C)C)C2)n1C. The normalized spacial score (nSPS) is 16.8. The zero-order valence-electron chi connectivity index (χ0n) is 21.6. The molecule has 0 saturated carbocycles. The summed E-state index contributed by atoms with van der Waals surface area (Å²) in [6.45, 7) is 8.79. The number of anilines is 1. The molecule has 4 rings (SSSR count). The van der Waals surface area contributed by atoms with Gasteiger partial charge in [0.1, 0.15) is 17.2 Å². The molecule has 2 unspecified atom stereocenters. The number of halogens is 1. The van der Waals surface area contributed by atoms with Crippen LogP contribution in [0.15, 0.2) is 48.8 Å². The molecule has 2 aromatic heterocycles. The van der Waals surface area contributed by atoms with Crippen molar-refractivity contribution in [2.24, 2.45) is 7.05 Å². The molecule has 36 heavy (non-hydrogen) atoms. The molecule has 0 aliphatic carbocycles. The lowest BCUT2D eigenvalue weighted by atomic mass is 9.94. The number of hydrogen-bond acceptors (Lipinski definition) is 5. The Morgan fingerprint density at radius 2 is 1.81 bits per heavy atom. The first kappa shape index (κ1) is 25.7. The quantitative estimate of drug-likeness (QED) is 0.477. The summed E-state index contributed by atoms with van der Waals surface area (Å²) in [4.78, 5) is 18.8. The number of carbonyl (C=O) groups is 1. The molecule has 0 radical (unpaired) electrons. The predicted octanol–water partition coefficient (Wildman–Crippen LogP) is 5.44. The second kappa shape index (κ2) is 10.3. The number of rotatable bonds is 6. The van der Waals surface area contributed by atoms with Gasteiger partial charge in [-0.3, -0.25) is 4.98 Å². The number of amides is 1. The first-order valence-electron chi connectivity index (χ1n) is 12.4. The van der Waals surface area contributed by atoms with Crippen molar-refractivity contribution in [2.75, 3.05) is 18.0 Å². The lowest BCUT2D eigenvalue weighted by Crippen LogP contribution is -2.40. The van der Waals surface area contributed by atoms with E-state index in [1.54, 1.807) is 24.5 Å². The van der Waals surface area contributed by atoms with E-state index in [0.29, 0.717) is 13.0 Å². The van der Waals surface area contributed by atoms with E-state index >= 15 is 0 Å². The monoisotopic (exact) mass is 494 g/mol. The molecule has 192 valence electrons. The standard InChI is InChI=1S/C28H35FN4O3/c1-6-22(34)25-23(18-7-9-20(29)10-8-18)24(19-11-14-30-15-12-19)26(32(25)5)33-16-13-21(17-33)31-27(35)36-28(2,3)4/h7-12,14-15,21-22,34H,6,13,16-17H2,1-5H3,(H,31,35). The number of ether oxygens (including phenoxy) is 1. The summed E-state index contributed by atoms with van der Waals surface area (Å²) in [7, 11) is 1.95. The molecule has 1 amide bonds. The second-order valence-corrected chi connectivity index (χ2v) is 10.3. The lowest BCUT2D eigenvalue weighted by molar-refractivity contribution is 0.0509. The topological polar surface area (TPSA) is 79.6 Å². The fraction of sp³-hybridized carbons (Fsp3) is 0.429. The Bertz CT molecular complexity index is 1200. The first-order valence-corrected chi connectivity index (χ1v) is 12.4. The number of nitrogens with one attached hydrogen (secondary N) is 1. The van der Waals surface area contributed by atoms with Gasteiger partial charge in [0.2, 0.25) is 0 Å². The summed E-state index contributed by atoms with van der Waals surface area (Å²) < 4.78 is 21.3. The van der Waals surface area contributed by atoms with Gasteiger partial charge in [0, 0.05) is 43.7 Å². The van der Waals surface area contributed by atoms with Crippen molar-refractivity contribution in [1.82, 2.24) is 14.9 Å². The van der Waals surface area contributed by atoms with Crippen molar-refractivity contribution < 1.29 is 19.0 Å². The maximum Gasteiger partial charge on any atom is 0.407 e. The zero-order valence-corrected chi connectivity index (χ0v) is 21.6. The molecule has 3 heterocycles. The number of benzene rings is 1. The van der Waals surface area contributed by atoms with E-state index in [2.05, 4.69) is 15.2 Å². The van der Waals surface area contributed by atoms with Crippen LogP contribution in [0.3, 0.4) is 0 Å². The molecule has 1 saturated heterocycles. The van der Waals surface area contributed by atoms with Gasteiger partial charge in [-0.1, -0.05) is 19.1 Å². The number of nitrogens with zero attached hydrogens (tertiary/aromatic N) is 3. The predicted molar refractivity (Wildman–Crippen MR) is 139 cm³/mol. The van der Waals surface area contributed by atoms with E-state index in [-0.39, 0.29) is 11.9 Å². The smallest absolute Gasteiger partial charge is 0.407 e. The van der Waals surface area contributed by atoms with E-state index in [0.717, 1.165) is 46.7 Å². The number of carbonyl (C=O) groups excluding carboxylic acids is 1. The molecular formula is C28H35FN4O3. The minimum Gasteiger partial charge on any atom is -0.444 e. The zero-order chi connectivity index (χ0) is 26.0. The molecule has 1 fully saturated rings. The van der Waals surface area contributed by atoms with Gasteiger partial charge in [-0.2, -0.15) is 0 Å². The number of pyridine rings is 1. The maximum absolute atomic E-state index is 13.8.